The van der Waals surface area contributed by atoms with E-state index in [-0.39, 0.29) is 12.4 Å². The number of hydrogen-bond donors (Lipinski definition) is 0. The zero-order chi connectivity index (χ0) is 13.1. The lowest BCUT2D eigenvalue weighted by atomic mass is 10.3. The third-order valence-corrected chi connectivity index (χ3v) is 3.73. The van der Waals surface area contributed by atoms with Crippen LogP contribution < -0.4 is 4.74 Å². The lowest BCUT2D eigenvalue weighted by molar-refractivity contribution is 0.315. The number of rotatable bonds is 5. The van der Waals surface area contributed by atoms with E-state index < -0.39 is 25.6 Å². The average Bonchev–Trinajstić information content (AvgIpc) is 2.23. The second-order valence-corrected chi connectivity index (χ2v) is 6.49. The number of hydrogen-bond acceptors (Lipinski definition) is 4. The summed E-state index contributed by atoms with van der Waals surface area (Å²) in [6, 6.07) is 1.91. The van der Waals surface area contributed by atoms with E-state index in [1.807, 2.05) is 6.26 Å². The van der Waals surface area contributed by atoms with E-state index in [1.54, 1.807) is 0 Å². The van der Waals surface area contributed by atoms with Crippen LogP contribution in [0, 0.1) is 11.6 Å². The van der Waals surface area contributed by atoms with Gasteiger partial charge in [-0.2, -0.15) is 16.2 Å². The molecule has 0 fully saturated rings. The van der Waals surface area contributed by atoms with Crippen molar-refractivity contribution in [2.45, 2.75) is 4.90 Å². The summed E-state index contributed by atoms with van der Waals surface area (Å²) in [6.45, 7) is 0.199. The molecule has 0 saturated heterocycles. The van der Waals surface area contributed by atoms with Gasteiger partial charge in [0.2, 0.25) is 5.82 Å². The average molecular weight is 303 g/mol. The number of halogens is 3. The molecule has 17 heavy (non-hydrogen) atoms. The molecule has 1 aromatic rings. The molecule has 0 aliphatic carbocycles. The minimum Gasteiger partial charge on any atom is -0.490 e. The maximum atomic E-state index is 13.4. The topological polar surface area (TPSA) is 43.4 Å². The Balaban J connectivity index is 3.03. The molecule has 0 aliphatic heterocycles. The highest BCUT2D eigenvalue weighted by atomic mass is 35.7. The summed E-state index contributed by atoms with van der Waals surface area (Å²) in [5, 5.41) is 0. The number of benzene rings is 1. The maximum Gasteiger partial charge on any atom is 0.264 e. The standard InChI is InChI=1S/C9H9ClF2O3S2/c1-16-5-4-15-6-2-3-7(17(10,13)14)9(12)8(6)11/h2-3H,4-5H2,1H3. The highest BCUT2D eigenvalue weighted by Crippen LogP contribution is 2.27. The van der Waals surface area contributed by atoms with E-state index in [2.05, 4.69) is 0 Å². The highest BCUT2D eigenvalue weighted by molar-refractivity contribution is 8.13. The molecule has 0 saturated carbocycles. The molecule has 1 aromatic carbocycles. The smallest absolute Gasteiger partial charge is 0.264 e. The van der Waals surface area contributed by atoms with E-state index in [0.717, 1.165) is 12.1 Å². The quantitative estimate of drug-likeness (QED) is 0.619. The van der Waals surface area contributed by atoms with Crippen LogP contribution in [0.4, 0.5) is 8.78 Å². The van der Waals surface area contributed by atoms with Gasteiger partial charge in [0, 0.05) is 16.4 Å². The Morgan fingerprint density at radius 2 is 2.00 bits per heavy atom. The summed E-state index contributed by atoms with van der Waals surface area (Å²) < 4.78 is 53.5. The maximum absolute atomic E-state index is 13.4. The van der Waals surface area contributed by atoms with Crippen molar-refractivity contribution in [3.8, 4) is 5.75 Å². The molecule has 0 aromatic heterocycles. The zero-order valence-corrected chi connectivity index (χ0v) is 11.1. The largest absolute Gasteiger partial charge is 0.490 e. The summed E-state index contributed by atoms with van der Waals surface area (Å²) in [7, 11) is 0.636. The van der Waals surface area contributed by atoms with Crippen LogP contribution in [0.25, 0.3) is 0 Å². The van der Waals surface area contributed by atoms with Gasteiger partial charge in [0.15, 0.2) is 11.6 Å². The summed E-state index contributed by atoms with van der Waals surface area (Å²) in [4.78, 5) is -0.895. The zero-order valence-electron chi connectivity index (χ0n) is 8.74. The Morgan fingerprint density at radius 3 is 2.53 bits per heavy atom. The van der Waals surface area contributed by atoms with Crippen molar-refractivity contribution in [1.82, 2.24) is 0 Å². The minimum absolute atomic E-state index is 0.199. The van der Waals surface area contributed by atoms with Gasteiger partial charge in [-0.1, -0.05) is 0 Å². The van der Waals surface area contributed by atoms with Gasteiger partial charge < -0.3 is 4.74 Å². The molecule has 0 aliphatic rings. The second kappa shape index (κ2) is 5.88. The van der Waals surface area contributed by atoms with Gasteiger partial charge in [-0.3, -0.25) is 0 Å². The molecule has 0 atom stereocenters. The van der Waals surface area contributed by atoms with Crippen molar-refractivity contribution in [3.63, 3.8) is 0 Å². The van der Waals surface area contributed by atoms with Crippen LogP contribution in [0.1, 0.15) is 0 Å². The van der Waals surface area contributed by atoms with E-state index in [4.69, 9.17) is 15.4 Å². The first-order valence-electron chi connectivity index (χ1n) is 4.42. The summed E-state index contributed by atoms with van der Waals surface area (Å²) in [5.41, 5.74) is 0. The molecule has 0 N–H and O–H groups in total. The van der Waals surface area contributed by atoms with Crippen molar-refractivity contribution in [3.05, 3.63) is 23.8 Å². The lowest BCUT2D eigenvalue weighted by Crippen LogP contribution is -2.05. The molecule has 0 spiro atoms. The molecular weight excluding hydrogens is 294 g/mol. The van der Waals surface area contributed by atoms with Crippen molar-refractivity contribution in [2.24, 2.45) is 0 Å². The SMILES string of the molecule is CSCCOc1ccc(S(=O)(=O)Cl)c(F)c1F. The van der Waals surface area contributed by atoms with Crippen molar-refractivity contribution >= 4 is 31.5 Å². The van der Waals surface area contributed by atoms with Crippen LogP contribution in [0.2, 0.25) is 0 Å². The van der Waals surface area contributed by atoms with E-state index in [1.165, 1.54) is 11.8 Å². The number of thioether (sulfide) groups is 1. The normalized spacial score (nSPS) is 11.5. The first-order chi connectivity index (χ1) is 7.88. The first-order valence-corrected chi connectivity index (χ1v) is 8.12. The van der Waals surface area contributed by atoms with Gasteiger partial charge in [-0.15, -0.1) is 0 Å². The summed E-state index contributed by atoms with van der Waals surface area (Å²) in [6.07, 6.45) is 1.84. The Morgan fingerprint density at radius 1 is 1.35 bits per heavy atom. The van der Waals surface area contributed by atoms with Crippen LogP contribution in [0.3, 0.4) is 0 Å². The third-order valence-electron chi connectivity index (χ3n) is 1.82. The molecule has 0 heterocycles. The van der Waals surface area contributed by atoms with Gasteiger partial charge in [0.05, 0.1) is 6.61 Å². The fraction of sp³-hybridized carbons (Fsp3) is 0.333. The second-order valence-electron chi connectivity index (χ2n) is 2.97. The Kier molecular flexibility index (Phi) is 5.03. The fourth-order valence-electron chi connectivity index (χ4n) is 1.05. The summed E-state index contributed by atoms with van der Waals surface area (Å²) >= 11 is 1.48. The van der Waals surface area contributed by atoms with Gasteiger partial charge >= 0.3 is 0 Å². The van der Waals surface area contributed by atoms with Gasteiger partial charge in [0.25, 0.3) is 9.05 Å². The third kappa shape index (κ3) is 3.72. The molecule has 0 bridgehead atoms. The van der Waals surface area contributed by atoms with E-state index >= 15 is 0 Å². The van der Waals surface area contributed by atoms with Crippen LogP contribution in [-0.2, 0) is 9.05 Å². The molecule has 0 unspecified atom stereocenters. The molecular formula is C9H9ClF2O3S2. The molecule has 3 nitrogen and oxygen atoms in total. The molecule has 96 valence electrons. The van der Waals surface area contributed by atoms with Crippen molar-refractivity contribution in [1.29, 1.82) is 0 Å². The summed E-state index contributed by atoms with van der Waals surface area (Å²) in [5.74, 6) is -2.61. The van der Waals surface area contributed by atoms with Crippen molar-refractivity contribution < 1.29 is 21.9 Å². The minimum atomic E-state index is -4.30. The molecule has 0 radical (unpaired) electrons. The lowest BCUT2D eigenvalue weighted by Gasteiger charge is -2.08. The van der Waals surface area contributed by atoms with Gasteiger partial charge in [0.1, 0.15) is 4.90 Å². The first kappa shape index (κ1) is 14.5. The Labute approximate surface area is 107 Å². The van der Waals surface area contributed by atoms with E-state index in [0.29, 0.717) is 5.75 Å². The van der Waals surface area contributed by atoms with Crippen LogP contribution in [0.5, 0.6) is 5.75 Å². The van der Waals surface area contributed by atoms with Crippen LogP contribution in [-0.4, -0.2) is 27.0 Å². The molecule has 0 amide bonds. The monoisotopic (exact) mass is 302 g/mol. The van der Waals surface area contributed by atoms with Crippen molar-refractivity contribution in [2.75, 3.05) is 18.6 Å². The fourth-order valence-corrected chi connectivity index (χ4v) is 2.19. The van der Waals surface area contributed by atoms with Crippen LogP contribution >= 0.6 is 22.4 Å². The predicted molar refractivity (Wildman–Crippen MR) is 63.3 cm³/mol. The highest BCUT2D eigenvalue weighted by Gasteiger charge is 2.22. The van der Waals surface area contributed by atoms with Gasteiger partial charge in [-0.25, -0.2) is 12.8 Å². The van der Waals surface area contributed by atoms with Crippen LogP contribution in [0.15, 0.2) is 17.0 Å². The Hall–Kier alpha value is -0.530. The predicted octanol–water partition coefficient (Wildman–Crippen LogP) is 2.63. The van der Waals surface area contributed by atoms with Gasteiger partial charge in [-0.05, 0) is 18.4 Å². The molecule has 8 heteroatoms. The number of ether oxygens (including phenoxy) is 1. The van der Waals surface area contributed by atoms with E-state index in [9.17, 15) is 17.2 Å². The Bertz CT molecular complexity index is 505. The molecule has 1 rings (SSSR count).